The lowest BCUT2D eigenvalue weighted by atomic mass is 9.87. The Labute approximate surface area is 145 Å². The molecule has 3 heteroatoms. The Bertz CT molecular complexity index is 602. The second-order valence-corrected chi connectivity index (χ2v) is 7.28. The van der Waals surface area contributed by atoms with Crippen molar-refractivity contribution in [2.75, 3.05) is 13.2 Å². The van der Waals surface area contributed by atoms with E-state index in [0.717, 1.165) is 5.75 Å². The van der Waals surface area contributed by atoms with E-state index in [1.807, 2.05) is 30.3 Å². The van der Waals surface area contributed by atoms with Crippen molar-refractivity contribution in [1.82, 2.24) is 5.32 Å². The molecule has 0 aliphatic rings. The second-order valence-electron chi connectivity index (χ2n) is 7.28. The van der Waals surface area contributed by atoms with Gasteiger partial charge in [0.2, 0.25) is 0 Å². The average molecular weight is 327 g/mol. The molecule has 0 aliphatic carbocycles. The Morgan fingerprint density at radius 3 is 2.21 bits per heavy atom. The molecule has 0 amide bonds. The standard InChI is InChI=1S/C21H29NO2/c1-16(17-8-6-5-7-9-17)22-14-19(23)15-24-20-12-10-18(11-13-20)21(2,3)4/h5-13,16,19,22-23H,14-15H2,1-4H3/t16-,19-/m1/s1. The van der Waals surface area contributed by atoms with Crippen molar-refractivity contribution >= 4 is 0 Å². The van der Waals surface area contributed by atoms with Crippen LogP contribution in [-0.4, -0.2) is 24.4 Å². The Morgan fingerprint density at radius 2 is 1.62 bits per heavy atom. The third-order valence-electron chi connectivity index (χ3n) is 4.12. The van der Waals surface area contributed by atoms with Gasteiger partial charge in [-0.3, -0.25) is 0 Å². The van der Waals surface area contributed by atoms with Gasteiger partial charge >= 0.3 is 0 Å². The summed E-state index contributed by atoms with van der Waals surface area (Å²) in [7, 11) is 0. The number of benzene rings is 2. The van der Waals surface area contributed by atoms with Crippen molar-refractivity contribution in [3.05, 3.63) is 65.7 Å². The van der Waals surface area contributed by atoms with Crippen LogP contribution < -0.4 is 10.1 Å². The first-order valence-electron chi connectivity index (χ1n) is 8.56. The predicted octanol–water partition coefficient (Wildman–Crippen LogP) is 4.07. The fourth-order valence-electron chi connectivity index (χ4n) is 2.47. The van der Waals surface area contributed by atoms with Crippen LogP contribution in [0.15, 0.2) is 54.6 Å². The van der Waals surface area contributed by atoms with Crippen LogP contribution in [0.25, 0.3) is 0 Å². The molecule has 2 atom stereocenters. The molecule has 0 aromatic heterocycles. The quantitative estimate of drug-likeness (QED) is 0.805. The van der Waals surface area contributed by atoms with Crippen molar-refractivity contribution in [3.63, 3.8) is 0 Å². The van der Waals surface area contributed by atoms with Crippen LogP contribution in [0.3, 0.4) is 0 Å². The van der Waals surface area contributed by atoms with E-state index in [1.165, 1.54) is 11.1 Å². The Kier molecular flexibility index (Phi) is 6.41. The fraction of sp³-hybridized carbons (Fsp3) is 0.429. The second kappa shape index (κ2) is 8.32. The van der Waals surface area contributed by atoms with Crippen LogP contribution in [0.1, 0.15) is 44.9 Å². The molecular formula is C21H29NO2. The van der Waals surface area contributed by atoms with Crippen LogP contribution in [-0.2, 0) is 5.41 Å². The van der Waals surface area contributed by atoms with Gasteiger partial charge in [0.15, 0.2) is 0 Å². The van der Waals surface area contributed by atoms with Gasteiger partial charge in [-0.1, -0.05) is 63.2 Å². The largest absolute Gasteiger partial charge is 0.491 e. The van der Waals surface area contributed by atoms with Gasteiger partial charge in [-0.05, 0) is 35.6 Å². The summed E-state index contributed by atoms with van der Waals surface area (Å²) in [6, 6.07) is 18.5. The molecule has 0 unspecified atom stereocenters. The minimum atomic E-state index is -0.543. The molecule has 24 heavy (non-hydrogen) atoms. The summed E-state index contributed by atoms with van der Waals surface area (Å²) in [6.07, 6.45) is -0.543. The molecule has 3 nitrogen and oxygen atoms in total. The minimum Gasteiger partial charge on any atom is -0.491 e. The van der Waals surface area contributed by atoms with E-state index in [0.29, 0.717) is 6.54 Å². The summed E-state index contributed by atoms with van der Waals surface area (Å²) >= 11 is 0. The monoisotopic (exact) mass is 327 g/mol. The van der Waals surface area contributed by atoms with Gasteiger partial charge in [0.25, 0.3) is 0 Å². The molecule has 0 radical (unpaired) electrons. The van der Waals surface area contributed by atoms with Gasteiger partial charge in [0.05, 0.1) is 0 Å². The maximum atomic E-state index is 10.1. The highest BCUT2D eigenvalue weighted by Gasteiger charge is 2.13. The maximum absolute atomic E-state index is 10.1. The normalized spacial score (nSPS) is 14.2. The molecule has 2 N–H and O–H groups in total. The summed E-state index contributed by atoms with van der Waals surface area (Å²) in [5.74, 6) is 0.790. The van der Waals surface area contributed by atoms with Crippen molar-refractivity contribution in [3.8, 4) is 5.75 Å². The zero-order valence-electron chi connectivity index (χ0n) is 15.1. The molecular weight excluding hydrogens is 298 g/mol. The topological polar surface area (TPSA) is 41.5 Å². The molecule has 0 saturated carbocycles. The Balaban J connectivity index is 1.76. The summed E-state index contributed by atoms with van der Waals surface area (Å²) in [4.78, 5) is 0. The van der Waals surface area contributed by atoms with Crippen LogP contribution in [0.2, 0.25) is 0 Å². The third kappa shape index (κ3) is 5.66. The van der Waals surface area contributed by atoms with Crippen LogP contribution in [0.4, 0.5) is 0 Å². The van der Waals surface area contributed by atoms with E-state index in [1.54, 1.807) is 0 Å². The van der Waals surface area contributed by atoms with E-state index < -0.39 is 6.10 Å². The predicted molar refractivity (Wildman–Crippen MR) is 99.5 cm³/mol. The van der Waals surface area contributed by atoms with Crippen LogP contribution in [0.5, 0.6) is 5.75 Å². The SMILES string of the molecule is C[C@@H](NC[C@@H](O)COc1ccc(C(C)(C)C)cc1)c1ccccc1. The zero-order chi connectivity index (χ0) is 17.6. The van der Waals surface area contributed by atoms with Crippen LogP contribution >= 0.6 is 0 Å². The number of hydrogen-bond donors (Lipinski definition) is 2. The summed E-state index contributed by atoms with van der Waals surface area (Å²) in [6.45, 7) is 9.43. The Hall–Kier alpha value is -1.84. The van der Waals surface area contributed by atoms with Crippen molar-refractivity contribution in [1.29, 1.82) is 0 Å². The van der Waals surface area contributed by atoms with Crippen LogP contribution in [0, 0.1) is 0 Å². The lowest BCUT2D eigenvalue weighted by molar-refractivity contribution is 0.104. The molecule has 2 aromatic rings. The van der Waals surface area contributed by atoms with Gasteiger partial charge in [-0.2, -0.15) is 0 Å². The minimum absolute atomic E-state index is 0.134. The van der Waals surface area contributed by atoms with Gasteiger partial charge in [0.1, 0.15) is 18.5 Å². The van der Waals surface area contributed by atoms with E-state index in [4.69, 9.17) is 4.74 Å². The summed E-state index contributed by atoms with van der Waals surface area (Å²) < 4.78 is 5.68. The van der Waals surface area contributed by atoms with E-state index in [9.17, 15) is 5.11 Å². The highest BCUT2D eigenvalue weighted by Crippen LogP contribution is 2.24. The van der Waals surface area contributed by atoms with Gasteiger partial charge in [-0.25, -0.2) is 0 Å². The lowest BCUT2D eigenvalue weighted by Crippen LogP contribution is -2.33. The maximum Gasteiger partial charge on any atom is 0.119 e. The van der Waals surface area contributed by atoms with Crippen molar-refractivity contribution in [2.24, 2.45) is 0 Å². The number of aliphatic hydroxyl groups is 1. The highest BCUT2D eigenvalue weighted by atomic mass is 16.5. The summed E-state index contributed by atoms with van der Waals surface area (Å²) in [5, 5.41) is 13.4. The highest BCUT2D eigenvalue weighted by molar-refractivity contribution is 5.31. The first kappa shape index (κ1) is 18.5. The Morgan fingerprint density at radius 1 is 1.00 bits per heavy atom. The van der Waals surface area contributed by atoms with Crippen molar-refractivity contribution < 1.29 is 9.84 Å². The first-order chi connectivity index (χ1) is 11.4. The number of rotatable bonds is 7. The molecule has 0 saturated heterocycles. The lowest BCUT2D eigenvalue weighted by Gasteiger charge is -2.20. The number of aliphatic hydroxyl groups excluding tert-OH is 1. The smallest absolute Gasteiger partial charge is 0.119 e. The van der Waals surface area contributed by atoms with Gasteiger partial charge in [-0.15, -0.1) is 0 Å². The van der Waals surface area contributed by atoms with E-state index in [-0.39, 0.29) is 18.1 Å². The van der Waals surface area contributed by atoms with E-state index in [2.05, 4.69) is 57.3 Å². The molecule has 2 aromatic carbocycles. The molecule has 0 fully saturated rings. The fourth-order valence-corrected chi connectivity index (χ4v) is 2.47. The average Bonchev–Trinajstić information content (AvgIpc) is 2.58. The number of nitrogens with one attached hydrogen (secondary N) is 1. The molecule has 130 valence electrons. The van der Waals surface area contributed by atoms with E-state index >= 15 is 0 Å². The van der Waals surface area contributed by atoms with Gasteiger partial charge in [0, 0.05) is 12.6 Å². The number of hydrogen-bond acceptors (Lipinski definition) is 3. The molecule has 2 rings (SSSR count). The molecule has 0 spiro atoms. The summed E-state index contributed by atoms with van der Waals surface area (Å²) in [5.41, 5.74) is 2.62. The molecule has 0 heterocycles. The third-order valence-corrected chi connectivity index (χ3v) is 4.12. The van der Waals surface area contributed by atoms with Gasteiger partial charge < -0.3 is 15.2 Å². The zero-order valence-corrected chi connectivity index (χ0v) is 15.1. The first-order valence-corrected chi connectivity index (χ1v) is 8.56. The molecule has 0 aliphatic heterocycles. The molecule has 0 bridgehead atoms. The van der Waals surface area contributed by atoms with Crippen molar-refractivity contribution in [2.45, 2.75) is 45.3 Å². The number of ether oxygens (including phenoxy) is 1.